The van der Waals surface area contributed by atoms with Crippen molar-refractivity contribution in [3.63, 3.8) is 0 Å². The van der Waals surface area contributed by atoms with Gasteiger partial charge in [-0.15, -0.1) is 0 Å². The largest absolute Gasteiger partial charge is 0.475 e. The Morgan fingerprint density at radius 1 is 1.55 bits per heavy atom. The number of carbonyl (C=O) groups is 1. The smallest absolute Gasteiger partial charge is 0.371 e. The molecule has 0 aliphatic rings. The summed E-state index contributed by atoms with van der Waals surface area (Å²) in [4.78, 5) is 25.0. The fourth-order valence-electron chi connectivity index (χ4n) is 1.57. The Labute approximate surface area is 113 Å². The molecule has 2 rings (SSSR count). The molecule has 2 aromatic rings. The van der Waals surface area contributed by atoms with Crippen LogP contribution in [0.4, 0.5) is 11.5 Å². The third-order valence-corrected chi connectivity index (χ3v) is 2.59. The third kappa shape index (κ3) is 2.91. The predicted octanol–water partition coefficient (Wildman–Crippen LogP) is 2.20. The van der Waals surface area contributed by atoms with Gasteiger partial charge < -0.3 is 14.8 Å². The molecule has 0 fully saturated rings. The summed E-state index contributed by atoms with van der Waals surface area (Å²) >= 11 is 0. The Bertz CT molecular complexity index is 665. The zero-order valence-corrected chi connectivity index (χ0v) is 10.5. The average molecular weight is 277 g/mol. The van der Waals surface area contributed by atoms with Gasteiger partial charge in [0.1, 0.15) is 11.6 Å². The number of rotatable bonds is 5. The Hall–Kier alpha value is -2.90. The van der Waals surface area contributed by atoms with Crippen molar-refractivity contribution < 1.29 is 19.2 Å². The summed E-state index contributed by atoms with van der Waals surface area (Å²) in [5.41, 5.74) is 0.430. The number of nitrogens with zero attached hydrogens (tertiary/aromatic N) is 2. The SMILES string of the molecule is Cc1cnc(NCc2ccc(C(=O)O)o2)cc1[N+](=O)[O-]. The molecule has 0 unspecified atom stereocenters. The van der Waals surface area contributed by atoms with Gasteiger partial charge >= 0.3 is 5.97 Å². The van der Waals surface area contributed by atoms with E-state index in [1.807, 2.05) is 0 Å². The van der Waals surface area contributed by atoms with Crippen molar-refractivity contribution >= 4 is 17.5 Å². The van der Waals surface area contributed by atoms with Gasteiger partial charge in [-0.1, -0.05) is 0 Å². The fourth-order valence-corrected chi connectivity index (χ4v) is 1.57. The summed E-state index contributed by atoms with van der Waals surface area (Å²) in [7, 11) is 0. The Morgan fingerprint density at radius 2 is 2.30 bits per heavy atom. The van der Waals surface area contributed by atoms with Gasteiger partial charge in [0.15, 0.2) is 0 Å². The van der Waals surface area contributed by atoms with Crippen molar-refractivity contribution in [1.29, 1.82) is 0 Å². The van der Waals surface area contributed by atoms with E-state index in [-0.39, 0.29) is 18.0 Å². The summed E-state index contributed by atoms with van der Waals surface area (Å²) < 4.78 is 5.04. The number of aromatic carboxylic acids is 1. The van der Waals surface area contributed by atoms with E-state index in [0.717, 1.165) is 0 Å². The second-order valence-electron chi connectivity index (χ2n) is 4.04. The Balaban J connectivity index is 2.08. The number of anilines is 1. The lowest BCUT2D eigenvalue weighted by Gasteiger charge is -2.04. The minimum absolute atomic E-state index is 0.0341. The van der Waals surface area contributed by atoms with Gasteiger partial charge in [0.2, 0.25) is 5.76 Å². The number of carboxylic acid groups (broad SMARTS) is 1. The van der Waals surface area contributed by atoms with Crippen molar-refractivity contribution in [2.75, 3.05) is 5.32 Å². The molecule has 0 saturated heterocycles. The Morgan fingerprint density at radius 3 is 2.90 bits per heavy atom. The van der Waals surface area contributed by atoms with Gasteiger partial charge in [-0.3, -0.25) is 10.1 Å². The number of nitro groups is 1. The van der Waals surface area contributed by atoms with E-state index >= 15 is 0 Å². The summed E-state index contributed by atoms with van der Waals surface area (Å²) in [5, 5.41) is 22.3. The lowest BCUT2D eigenvalue weighted by Crippen LogP contribution is -2.02. The zero-order chi connectivity index (χ0) is 14.7. The van der Waals surface area contributed by atoms with Crippen LogP contribution in [0.25, 0.3) is 0 Å². The summed E-state index contributed by atoms with van der Waals surface area (Å²) in [6, 6.07) is 4.17. The van der Waals surface area contributed by atoms with Crippen LogP contribution >= 0.6 is 0 Å². The molecule has 0 bridgehead atoms. The van der Waals surface area contributed by atoms with Gasteiger partial charge in [-0.25, -0.2) is 9.78 Å². The van der Waals surface area contributed by atoms with Crippen LogP contribution in [0.3, 0.4) is 0 Å². The summed E-state index contributed by atoms with van der Waals surface area (Å²) in [5.74, 6) is -0.604. The third-order valence-electron chi connectivity index (χ3n) is 2.59. The van der Waals surface area contributed by atoms with Crippen LogP contribution < -0.4 is 5.32 Å². The molecule has 0 radical (unpaired) electrons. The molecule has 0 saturated carbocycles. The lowest BCUT2D eigenvalue weighted by atomic mass is 10.2. The molecule has 0 amide bonds. The van der Waals surface area contributed by atoms with Gasteiger partial charge in [0.05, 0.1) is 17.5 Å². The maximum Gasteiger partial charge on any atom is 0.371 e. The van der Waals surface area contributed by atoms with Crippen LogP contribution in [0.2, 0.25) is 0 Å². The van der Waals surface area contributed by atoms with Crippen LogP contribution in [0.1, 0.15) is 21.9 Å². The van der Waals surface area contributed by atoms with E-state index in [0.29, 0.717) is 17.1 Å². The average Bonchev–Trinajstić information content (AvgIpc) is 2.86. The van der Waals surface area contributed by atoms with E-state index in [2.05, 4.69) is 10.3 Å². The number of carboxylic acids is 1. The molecule has 2 N–H and O–H groups in total. The van der Waals surface area contributed by atoms with Gasteiger partial charge in [-0.2, -0.15) is 0 Å². The van der Waals surface area contributed by atoms with Crippen LogP contribution in [-0.4, -0.2) is 21.0 Å². The van der Waals surface area contributed by atoms with Gasteiger partial charge in [0.25, 0.3) is 5.69 Å². The first-order valence-corrected chi connectivity index (χ1v) is 5.64. The highest BCUT2D eigenvalue weighted by molar-refractivity contribution is 5.84. The first-order valence-electron chi connectivity index (χ1n) is 5.64. The zero-order valence-electron chi connectivity index (χ0n) is 10.5. The Kier molecular flexibility index (Phi) is 3.65. The molecule has 104 valence electrons. The number of hydrogen-bond donors (Lipinski definition) is 2. The molecular formula is C12H11N3O5. The monoisotopic (exact) mass is 277 g/mol. The highest BCUT2D eigenvalue weighted by Crippen LogP contribution is 2.20. The predicted molar refractivity (Wildman–Crippen MR) is 68.6 cm³/mol. The van der Waals surface area contributed by atoms with E-state index < -0.39 is 10.9 Å². The molecule has 0 spiro atoms. The van der Waals surface area contributed by atoms with E-state index in [4.69, 9.17) is 9.52 Å². The summed E-state index contributed by atoms with van der Waals surface area (Å²) in [6.45, 7) is 1.78. The number of aryl methyl sites for hydroxylation is 1. The van der Waals surface area contributed by atoms with Crippen molar-refractivity contribution in [2.24, 2.45) is 0 Å². The molecule has 8 nitrogen and oxygen atoms in total. The van der Waals surface area contributed by atoms with Crippen molar-refractivity contribution in [1.82, 2.24) is 4.98 Å². The highest BCUT2D eigenvalue weighted by Gasteiger charge is 2.13. The lowest BCUT2D eigenvalue weighted by molar-refractivity contribution is -0.385. The molecule has 0 aromatic carbocycles. The molecule has 2 heterocycles. The standard InChI is InChI=1S/C12H11N3O5/c1-7-5-13-11(4-9(7)15(18)19)14-6-8-2-3-10(20-8)12(16)17/h2-5H,6H2,1H3,(H,13,14)(H,16,17). The quantitative estimate of drug-likeness (QED) is 0.635. The van der Waals surface area contributed by atoms with Crippen LogP contribution in [0.15, 0.2) is 28.8 Å². The maximum absolute atomic E-state index is 10.8. The number of nitrogens with one attached hydrogen (secondary N) is 1. The minimum Gasteiger partial charge on any atom is -0.475 e. The van der Waals surface area contributed by atoms with Crippen molar-refractivity contribution in [2.45, 2.75) is 13.5 Å². The minimum atomic E-state index is -1.15. The van der Waals surface area contributed by atoms with Crippen LogP contribution in [-0.2, 0) is 6.54 Å². The maximum atomic E-state index is 10.8. The summed E-state index contributed by atoms with van der Waals surface area (Å²) in [6.07, 6.45) is 1.39. The first kappa shape index (κ1) is 13.5. The molecule has 2 aromatic heterocycles. The number of furan rings is 1. The molecule has 8 heteroatoms. The van der Waals surface area contributed by atoms with Crippen LogP contribution in [0.5, 0.6) is 0 Å². The molecule has 0 aliphatic carbocycles. The first-order chi connectivity index (χ1) is 9.47. The molecular weight excluding hydrogens is 266 g/mol. The van der Waals surface area contributed by atoms with E-state index in [1.54, 1.807) is 6.92 Å². The van der Waals surface area contributed by atoms with Crippen LogP contribution in [0, 0.1) is 17.0 Å². The number of hydrogen-bond acceptors (Lipinski definition) is 6. The topological polar surface area (TPSA) is 118 Å². The fraction of sp³-hybridized carbons (Fsp3) is 0.167. The number of aromatic nitrogens is 1. The van der Waals surface area contributed by atoms with E-state index in [1.165, 1.54) is 24.4 Å². The highest BCUT2D eigenvalue weighted by atomic mass is 16.6. The van der Waals surface area contributed by atoms with E-state index in [9.17, 15) is 14.9 Å². The normalized spacial score (nSPS) is 10.2. The second-order valence-corrected chi connectivity index (χ2v) is 4.04. The van der Waals surface area contributed by atoms with Gasteiger partial charge in [-0.05, 0) is 19.1 Å². The second kappa shape index (κ2) is 5.39. The van der Waals surface area contributed by atoms with Crippen molar-refractivity contribution in [3.05, 3.63) is 51.6 Å². The molecule has 20 heavy (non-hydrogen) atoms. The molecule has 0 atom stereocenters. The van der Waals surface area contributed by atoms with Gasteiger partial charge in [0, 0.05) is 11.8 Å². The number of pyridine rings is 1. The molecule has 0 aliphatic heterocycles. The van der Waals surface area contributed by atoms with Crippen molar-refractivity contribution in [3.8, 4) is 0 Å².